The van der Waals surface area contributed by atoms with E-state index < -0.39 is 5.97 Å². The van der Waals surface area contributed by atoms with Crippen molar-refractivity contribution in [2.75, 3.05) is 6.54 Å². The minimum absolute atomic E-state index is 0.127. The van der Waals surface area contributed by atoms with Crippen molar-refractivity contribution in [2.24, 2.45) is 0 Å². The Bertz CT molecular complexity index is 429. The van der Waals surface area contributed by atoms with Crippen molar-refractivity contribution in [3.63, 3.8) is 0 Å². The molecule has 0 fully saturated rings. The topological polar surface area (TPSA) is 70.5 Å². The van der Waals surface area contributed by atoms with Crippen LogP contribution < -0.4 is 0 Å². The monoisotopic (exact) mass is 270 g/mol. The molecule has 0 aromatic carbocycles. The van der Waals surface area contributed by atoms with Gasteiger partial charge in [-0.1, -0.05) is 6.92 Å². The highest BCUT2D eigenvalue weighted by molar-refractivity contribution is 7.09. The lowest BCUT2D eigenvalue weighted by atomic mass is 10.2. The van der Waals surface area contributed by atoms with Crippen LogP contribution in [0.3, 0.4) is 0 Å². The molecule has 0 saturated heterocycles. The predicted octanol–water partition coefficient (Wildman–Crippen LogP) is 1.57. The lowest BCUT2D eigenvalue weighted by molar-refractivity contribution is -0.145. The number of aliphatic carboxylic acids is 1. The summed E-state index contributed by atoms with van der Waals surface area (Å²) in [6, 6.07) is -0.127. The van der Waals surface area contributed by atoms with Gasteiger partial charge in [0.1, 0.15) is 6.54 Å². The van der Waals surface area contributed by atoms with Crippen LogP contribution in [0.25, 0.3) is 0 Å². The van der Waals surface area contributed by atoms with E-state index >= 15 is 0 Å². The summed E-state index contributed by atoms with van der Waals surface area (Å²) < 4.78 is 0. The summed E-state index contributed by atoms with van der Waals surface area (Å²) >= 11 is 1.53. The van der Waals surface area contributed by atoms with Gasteiger partial charge in [0.05, 0.1) is 17.1 Å². The first-order valence-electron chi connectivity index (χ1n) is 5.88. The molecule has 1 amide bonds. The lowest BCUT2D eigenvalue weighted by Gasteiger charge is -2.24. The average Bonchev–Trinajstić information content (AvgIpc) is 2.72. The summed E-state index contributed by atoms with van der Waals surface area (Å²) in [5.74, 6) is -1.19. The van der Waals surface area contributed by atoms with Crippen molar-refractivity contribution < 1.29 is 14.7 Å². The van der Waals surface area contributed by atoms with Crippen LogP contribution in [0.15, 0.2) is 5.38 Å². The molecule has 0 atom stereocenters. The molecule has 100 valence electrons. The molecule has 0 aliphatic carbocycles. The Hall–Kier alpha value is -1.43. The molecular formula is C12H18N2O3S. The van der Waals surface area contributed by atoms with E-state index in [0.29, 0.717) is 0 Å². The van der Waals surface area contributed by atoms with Crippen molar-refractivity contribution in [2.45, 2.75) is 39.7 Å². The fourth-order valence-electron chi connectivity index (χ4n) is 1.55. The highest BCUT2D eigenvalue weighted by Crippen LogP contribution is 2.12. The molecular weight excluding hydrogens is 252 g/mol. The first kappa shape index (κ1) is 14.6. The average molecular weight is 270 g/mol. The molecule has 0 aliphatic heterocycles. The van der Waals surface area contributed by atoms with Crippen LogP contribution >= 0.6 is 11.3 Å². The molecule has 1 aromatic rings. The van der Waals surface area contributed by atoms with Gasteiger partial charge in [-0.2, -0.15) is 0 Å². The third kappa shape index (κ3) is 4.10. The maximum atomic E-state index is 12.0. The zero-order chi connectivity index (χ0) is 13.7. The Balaban J connectivity index is 2.69. The molecule has 1 heterocycles. The molecule has 0 spiro atoms. The zero-order valence-corrected chi connectivity index (χ0v) is 11.7. The Morgan fingerprint density at radius 3 is 2.61 bits per heavy atom. The van der Waals surface area contributed by atoms with E-state index in [1.165, 1.54) is 16.2 Å². The molecule has 6 heteroatoms. The van der Waals surface area contributed by atoms with Gasteiger partial charge >= 0.3 is 5.97 Å². The number of aromatic nitrogens is 1. The molecule has 0 bridgehead atoms. The number of carboxylic acid groups (broad SMARTS) is 1. The minimum atomic E-state index is -0.996. The maximum Gasteiger partial charge on any atom is 0.323 e. The van der Waals surface area contributed by atoms with E-state index in [-0.39, 0.29) is 24.9 Å². The molecule has 0 aliphatic rings. The molecule has 1 rings (SSSR count). The number of hydrogen-bond acceptors (Lipinski definition) is 4. The summed E-state index contributed by atoms with van der Waals surface area (Å²) in [5, 5.41) is 11.6. The largest absolute Gasteiger partial charge is 0.480 e. The Labute approximate surface area is 110 Å². The van der Waals surface area contributed by atoms with Crippen molar-refractivity contribution >= 4 is 23.2 Å². The third-order valence-electron chi connectivity index (χ3n) is 2.48. The number of carbonyl (C=O) groups is 2. The second kappa shape index (κ2) is 6.49. The normalized spacial score (nSPS) is 10.7. The molecule has 0 radical (unpaired) electrons. The molecule has 5 nitrogen and oxygen atoms in total. The van der Waals surface area contributed by atoms with Gasteiger partial charge in [0, 0.05) is 11.4 Å². The minimum Gasteiger partial charge on any atom is -0.480 e. The molecule has 1 N–H and O–H groups in total. The van der Waals surface area contributed by atoms with Crippen molar-refractivity contribution in [3.8, 4) is 0 Å². The fraction of sp³-hybridized carbons (Fsp3) is 0.583. The van der Waals surface area contributed by atoms with Crippen LogP contribution in [0, 0.1) is 0 Å². The first-order chi connectivity index (χ1) is 8.43. The van der Waals surface area contributed by atoms with E-state index in [0.717, 1.165) is 17.1 Å². The third-order valence-corrected chi connectivity index (χ3v) is 3.53. The van der Waals surface area contributed by atoms with E-state index in [2.05, 4.69) is 4.98 Å². The van der Waals surface area contributed by atoms with E-state index in [9.17, 15) is 9.59 Å². The highest BCUT2D eigenvalue weighted by atomic mass is 32.1. The van der Waals surface area contributed by atoms with Crippen LogP contribution in [-0.2, 0) is 22.4 Å². The number of aryl methyl sites for hydroxylation is 1. The standard InChI is InChI=1S/C12H18N2O3S/c1-4-10-13-9(7-18-10)5-11(15)14(8(2)3)6-12(16)17/h7-8H,4-6H2,1-3H3,(H,16,17). The number of carboxylic acids is 1. The number of hydrogen-bond donors (Lipinski definition) is 1. The maximum absolute atomic E-state index is 12.0. The number of nitrogens with zero attached hydrogens (tertiary/aromatic N) is 2. The second-order valence-electron chi connectivity index (χ2n) is 4.27. The number of thiazole rings is 1. The Morgan fingerprint density at radius 1 is 1.50 bits per heavy atom. The summed E-state index contributed by atoms with van der Waals surface area (Å²) in [4.78, 5) is 28.4. The quantitative estimate of drug-likeness (QED) is 0.851. The molecule has 1 aromatic heterocycles. The van der Waals surface area contributed by atoms with Crippen LogP contribution in [0.2, 0.25) is 0 Å². The van der Waals surface area contributed by atoms with Gasteiger partial charge in [-0.05, 0) is 20.3 Å². The number of rotatable bonds is 6. The van der Waals surface area contributed by atoms with Crippen molar-refractivity contribution in [1.29, 1.82) is 0 Å². The van der Waals surface area contributed by atoms with Gasteiger partial charge in [0.2, 0.25) is 5.91 Å². The molecule has 0 unspecified atom stereocenters. The zero-order valence-electron chi connectivity index (χ0n) is 10.8. The Kier molecular flexibility index (Phi) is 5.27. The number of amides is 1. The van der Waals surface area contributed by atoms with Gasteiger partial charge in [0.25, 0.3) is 0 Å². The van der Waals surface area contributed by atoms with Gasteiger partial charge in [-0.15, -0.1) is 11.3 Å². The van der Waals surface area contributed by atoms with Gasteiger partial charge in [-0.25, -0.2) is 4.98 Å². The number of carbonyl (C=O) groups excluding carboxylic acids is 1. The van der Waals surface area contributed by atoms with E-state index in [4.69, 9.17) is 5.11 Å². The first-order valence-corrected chi connectivity index (χ1v) is 6.76. The second-order valence-corrected chi connectivity index (χ2v) is 5.21. The summed E-state index contributed by atoms with van der Waals surface area (Å²) in [7, 11) is 0. The Morgan fingerprint density at radius 2 is 2.17 bits per heavy atom. The molecule has 18 heavy (non-hydrogen) atoms. The smallest absolute Gasteiger partial charge is 0.323 e. The predicted molar refractivity (Wildman–Crippen MR) is 69.7 cm³/mol. The molecule has 0 saturated carbocycles. The summed E-state index contributed by atoms with van der Waals surface area (Å²) in [5.41, 5.74) is 0.720. The van der Waals surface area contributed by atoms with Crippen molar-refractivity contribution in [3.05, 3.63) is 16.1 Å². The van der Waals surface area contributed by atoms with Crippen LogP contribution in [0.5, 0.6) is 0 Å². The van der Waals surface area contributed by atoms with Crippen LogP contribution in [0.1, 0.15) is 31.5 Å². The van der Waals surface area contributed by atoms with E-state index in [1.54, 1.807) is 13.8 Å². The van der Waals surface area contributed by atoms with Crippen LogP contribution in [-0.4, -0.2) is 39.5 Å². The summed E-state index contributed by atoms with van der Waals surface area (Å²) in [6.45, 7) is 5.36. The highest BCUT2D eigenvalue weighted by Gasteiger charge is 2.20. The van der Waals surface area contributed by atoms with Gasteiger partial charge < -0.3 is 10.0 Å². The SMILES string of the molecule is CCc1nc(CC(=O)N(CC(=O)O)C(C)C)cs1. The van der Waals surface area contributed by atoms with Gasteiger partial charge in [0.15, 0.2) is 0 Å². The van der Waals surface area contributed by atoms with Gasteiger partial charge in [-0.3, -0.25) is 9.59 Å². The van der Waals surface area contributed by atoms with E-state index in [1.807, 2.05) is 12.3 Å². The summed E-state index contributed by atoms with van der Waals surface area (Å²) in [6.07, 6.45) is 1.02. The van der Waals surface area contributed by atoms with Crippen molar-refractivity contribution in [1.82, 2.24) is 9.88 Å². The fourth-order valence-corrected chi connectivity index (χ4v) is 2.30. The van der Waals surface area contributed by atoms with Crippen LogP contribution in [0.4, 0.5) is 0 Å². The lowest BCUT2D eigenvalue weighted by Crippen LogP contribution is -2.41.